The second-order valence-electron chi connectivity index (χ2n) is 7.95. The van der Waals surface area contributed by atoms with Gasteiger partial charge in [-0.3, -0.25) is 9.59 Å². The van der Waals surface area contributed by atoms with Gasteiger partial charge in [0.2, 0.25) is 0 Å². The van der Waals surface area contributed by atoms with E-state index in [1.165, 1.54) is 0 Å². The van der Waals surface area contributed by atoms with Crippen LogP contribution in [0.4, 0.5) is 0 Å². The number of esters is 1. The number of rotatable bonds is 9. The first-order valence-corrected chi connectivity index (χ1v) is 9.05. The second kappa shape index (κ2) is 8.83. The highest BCUT2D eigenvalue weighted by atomic mass is 16.9. The normalized spacial score (nSPS) is 28.4. The number of carbonyl (C=O) groups is 2. The van der Waals surface area contributed by atoms with E-state index in [-0.39, 0.29) is 31.7 Å². The quantitative estimate of drug-likeness (QED) is 0.269. The molecule has 5 atom stereocenters. The maximum atomic E-state index is 12.1. The average Bonchev–Trinajstić information content (AvgIpc) is 3.12. The fraction of sp³-hybridized carbons (Fsp3) is 0.882. The SMILES string of the molecule is CC(C)(C)C(=O)O[C@@H]1CO[C@H]2[C@H]1OC[C@H]2C(CCCCO[N+](=O)[O-])C(=O)O. The fourth-order valence-electron chi connectivity index (χ4n) is 3.38. The Labute approximate surface area is 157 Å². The van der Waals surface area contributed by atoms with Crippen molar-refractivity contribution < 1.29 is 38.8 Å². The Morgan fingerprint density at radius 2 is 1.89 bits per heavy atom. The highest BCUT2D eigenvalue weighted by Gasteiger charge is 2.53. The smallest absolute Gasteiger partial charge is 0.311 e. The lowest BCUT2D eigenvalue weighted by atomic mass is 9.84. The van der Waals surface area contributed by atoms with Gasteiger partial charge in [0.1, 0.15) is 6.10 Å². The van der Waals surface area contributed by atoms with Gasteiger partial charge in [-0.05, 0) is 33.6 Å². The minimum atomic E-state index is -0.960. The molecule has 0 spiro atoms. The molecule has 10 nitrogen and oxygen atoms in total. The molecular weight excluding hydrogens is 362 g/mol. The molecule has 0 aliphatic carbocycles. The van der Waals surface area contributed by atoms with Crippen LogP contribution < -0.4 is 0 Å². The maximum absolute atomic E-state index is 12.1. The standard InChI is InChI=1S/C17H27NO9/c1-17(2,3)16(21)27-12-9-25-13-11(8-24-14(12)13)10(15(19)20)6-4-5-7-26-18(22)23/h10-14H,4-9H2,1-3H3,(H,19,20)/t10?,11-,12+,13+,14-/m0/s1. The molecule has 2 aliphatic heterocycles. The van der Waals surface area contributed by atoms with Crippen LogP contribution in [0.1, 0.15) is 40.0 Å². The van der Waals surface area contributed by atoms with Gasteiger partial charge in [0, 0.05) is 5.92 Å². The number of ether oxygens (including phenoxy) is 3. The maximum Gasteiger partial charge on any atom is 0.311 e. The number of unbranched alkanes of at least 4 members (excludes halogenated alkanes) is 1. The highest BCUT2D eigenvalue weighted by Crippen LogP contribution is 2.38. The van der Waals surface area contributed by atoms with E-state index in [2.05, 4.69) is 4.84 Å². The average molecular weight is 389 g/mol. The summed E-state index contributed by atoms with van der Waals surface area (Å²) in [4.78, 5) is 38.2. The van der Waals surface area contributed by atoms with Gasteiger partial charge >= 0.3 is 11.9 Å². The molecule has 154 valence electrons. The van der Waals surface area contributed by atoms with E-state index in [1.807, 2.05) is 0 Å². The molecule has 2 saturated heterocycles. The molecule has 0 amide bonds. The van der Waals surface area contributed by atoms with Crippen LogP contribution in [-0.4, -0.2) is 60.3 Å². The lowest BCUT2D eigenvalue weighted by Gasteiger charge is -2.23. The summed E-state index contributed by atoms with van der Waals surface area (Å²) in [5.74, 6) is -2.38. The molecule has 0 aromatic heterocycles. The molecule has 2 aliphatic rings. The monoisotopic (exact) mass is 389 g/mol. The molecule has 1 N–H and O–H groups in total. The fourth-order valence-corrected chi connectivity index (χ4v) is 3.38. The largest absolute Gasteiger partial charge is 0.481 e. The van der Waals surface area contributed by atoms with Crippen molar-refractivity contribution in [2.24, 2.45) is 17.3 Å². The first kappa shape index (κ1) is 21.4. The van der Waals surface area contributed by atoms with Crippen molar-refractivity contribution in [1.29, 1.82) is 0 Å². The molecular formula is C17H27NO9. The van der Waals surface area contributed by atoms with Crippen molar-refractivity contribution in [2.75, 3.05) is 19.8 Å². The predicted octanol–water partition coefficient (Wildman–Crippen LogP) is 1.44. The molecule has 1 unspecified atom stereocenters. The predicted molar refractivity (Wildman–Crippen MR) is 90.2 cm³/mol. The zero-order valence-corrected chi connectivity index (χ0v) is 15.8. The van der Waals surface area contributed by atoms with Gasteiger partial charge < -0.3 is 24.2 Å². The molecule has 0 aromatic rings. The van der Waals surface area contributed by atoms with Crippen LogP contribution in [-0.2, 0) is 28.6 Å². The van der Waals surface area contributed by atoms with E-state index in [9.17, 15) is 24.8 Å². The van der Waals surface area contributed by atoms with Gasteiger partial charge in [-0.2, -0.15) is 0 Å². The van der Waals surface area contributed by atoms with E-state index in [0.29, 0.717) is 19.3 Å². The Morgan fingerprint density at radius 3 is 2.48 bits per heavy atom. The van der Waals surface area contributed by atoms with Crippen LogP contribution in [0.15, 0.2) is 0 Å². The highest BCUT2D eigenvalue weighted by molar-refractivity contribution is 5.75. The van der Waals surface area contributed by atoms with Crippen molar-refractivity contribution in [1.82, 2.24) is 0 Å². The third-order valence-electron chi connectivity index (χ3n) is 4.86. The van der Waals surface area contributed by atoms with E-state index >= 15 is 0 Å². The zero-order valence-electron chi connectivity index (χ0n) is 15.8. The van der Waals surface area contributed by atoms with Gasteiger partial charge in [-0.1, -0.05) is 6.42 Å². The van der Waals surface area contributed by atoms with Crippen LogP contribution in [0.25, 0.3) is 0 Å². The van der Waals surface area contributed by atoms with Crippen molar-refractivity contribution in [3.05, 3.63) is 10.1 Å². The lowest BCUT2D eigenvalue weighted by Crippen LogP contribution is -2.38. The summed E-state index contributed by atoms with van der Waals surface area (Å²) in [6.45, 7) is 5.59. The number of carboxylic acids is 1. The molecule has 0 bridgehead atoms. The summed E-state index contributed by atoms with van der Waals surface area (Å²) in [6.07, 6.45) is -0.265. The Balaban J connectivity index is 1.90. The summed E-state index contributed by atoms with van der Waals surface area (Å²) in [5, 5.41) is 18.8. The van der Waals surface area contributed by atoms with Gasteiger partial charge in [0.25, 0.3) is 5.09 Å². The summed E-state index contributed by atoms with van der Waals surface area (Å²) in [7, 11) is 0. The van der Waals surface area contributed by atoms with Crippen molar-refractivity contribution in [3.8, 4) is 0 Å². The summed E-state index contributed by atoms with van der Waals surface area (Å²) >= 11 is 0. The van der Waals surface area contributed by atoms with Gasteiger partial charge in [0.05, 0.1) is 37.3 Å². The molecule has 2 rings (SSSR count). The first-order valence-electron chi connectivity index (χ1n) is 9.05. The topological polar surface area (TPSA) is 134 Å². The van der Waals surface area contributed by atoms with E-state index in [4.69, 9.17) is 14.2 Å². The summed E-state index contributed by atoms with van der Waals surface area (Å²) in [6, 6.07) is 0. The van der Waals surface area contributed by atoms with Crippen molar-refractivity contribution in [2.45, 2.75) is 58.3 Å². The molecule has 0 aromatic carbocycles. The van der Waals surface area contributed by atoms with Gasteiger partial charge in [-0.25, -0.2) is 0 Å². The summed E-state index contributed by atoms with van der Waals surface area (Å²) < 4.78 is 16.9. The van der Waals surface area contributed by atoms with Crippen LogP contribution in [0, 0.1) is 27.4 Å². The van der Waals surface area contributed by atoms with Crippen LogP contribution in [0.5, 0.6) is 0 Å². The molecule has 27 heavy (non-hydrogen) atoms. The third-order valence-corrected chi connectivity index (χ3v) is 4.86. The number of carbonyl (C=O) groups excluding carboxylic acids is 1. The summed E-state index contributed by atoms with van der Waals surface area (Å²) in [5.41, 5.74) is -0.647. The molecule has 0 radical (unpaired) electrons. The lowest BCUT2D eigenvalue weighted by molar-refractivity contribution is -0.757. The minimum absolute atomic E-state index is 0.0616. The number of hydrogen-bond acceptors (Lipinski definition) is 8. The Morgan fingerprint density at radius 1 is 1.22 bits per heavy atom. The number of nitrogens with zero attached hydrogens (tertiary/aromatic N) is 1. The second-order valence-corrected chi connectivity index (χ2v) is 7.95. The van der Waals surface area contributed by atoms with Gasteiger partial charge in [0.15, 0.2) is 6.10 Å². The van der Waals surface area contributed by atoms with E-state index < -0.39 is 40.7 Å². The van der Waals surface area contributed by atoms with Crippen LogP contribution in [0.3, 0.4) is 0 Å². The molecule has 2 heterocycles. The molecule has 0 saturated carbocycles. The minimum Gasteiger partial charge on any atom is -0.481 e. The van der Waals surface area contributed by atoms with Crippen LogP contribution in [0.2, 0.25) is 0 Å². The Bertz CT molecular complexity index is 559. The van der Waals surface area contributed by atoms with Crippen molar-refractivity contribution in [3.63, 3.8) is 0 Å². The number of aliphatic carboxylic acids is 1. The van der Waals surface area contributed by atoms with E-state index in [1.54, 1.807) is 20.8 Å². The third kappa shape index (κ3) is 5.52. The number of carboxylic acid groups (broad SMARTS) is 1. The molecule has 10 heteroatoms. The Kier molecular flexibility index (Phi) is 6.99. The zero-order chi connectivity index (χ0) is 20.2. The van der Waals surface area contributed by atoms with Crippen molar-refractivity contribution >= 4 is 11.9 Å². The first-order chi connectivity index (χ1) is 12.6. The number of fused-ring (bicyclic) bond motifs is 1. The van der Waals surface area contributed by atoms with Gasteiger partial charge in [-0.15, -0.1) is 10.1 Å². The Hall–Kier alpha value is -1.94. The van der Waals surface area contributed by atoms with E-state index in [0.717, 1.165) is 0 Å². The number of hydrogen-bond donors (Lipinski definition) is 1. The molecule has 2 fully saturated rings. The van der Waals surface area contributed by atoms with Crippen LogP contribution >= 0.6 is 0 Å².